The zero-order valence-corrected chi connectivity index (χ0v) is 17.9. The van der Waals surface area contributed by atoms with E-state index in [9.17, 15) is 9.90 Å². The zero-order valence-electron chi connectivity index (χ0n) is 17.9. The Hall–Kier alpha value is -3.31. The van der Waals surface area contributed by atoms with Crippen LogP contribution in [0.3, 0.4) is 0 Å². The van der Waals surface area contributed by atoms with E-state index in [2.05, 4.69) is 12.1 Å². The van der Waals surface area contributed by atoms with Crippen LogP contribution in [0.4, 0.5) is 5.69 Å². The summed E-state index contributed by atoms with van der Waals surface area (Å²) in [5.74, 6) is 1.20. The van der Waals surface area contributed by atoms with Crippen LogP contribution in [0.1, 0.15) is 40.4 Å². The van der Waals surface area contributed by atoms with Crippen LogP contribution in [-0.2, 0) is 19.6 Å². The molecule has 1 aliphatic heterocycles. The molecule has 0 aromatic heterocycles. The molecule has 3 aromatic carbocycles. The Morgan fingerprint density at radius 1 is 1.00 bits per heavy atom. The molecule has 5 nitrogen and oxygen atoms in total. The number of rotatable bonds is 8. The quantitative estimate of drug-likeness (QED) is 0.575. The minimum Gasteiger partial charge on any atom is -0.493 e. The SMILES string of the molecule is COc1ccc(N2Cc3ccc(CO)cc3C2=O)cc1OC(C)CCc1ccccc1. The van der Waals surface area contributed by atoms with Crippen LogP contribution in [0.25, 0.3) is 0 Å². The number of anilines is 1. The molecule has 1 amide bonds. The second-order valence-corrected chi connectivity index (χ2v) is 7.83. The second-order valence-electron chi connectivity index (χ2n) is 7.83. The molecule has 1 N–H and O–H groups in total. The average Bonchev–Trinajstić information content (AvgIpc) is 3.14. The molecule has 1 heterocycles. The number of ether oxygens (including phenoxy) is 2. The lowest BCUT2D eigenvalue weighted by atomic mass is 10.1. The highest BCUT2D eigenvalue weighted by atomic mass is 16.5. The van der Waals surface area contributed by atoms with Crippen molar-refractivity contribution in [1.29, 1.82) is 0 Å². The standard InChI is InChI=1S/C26H27NO4/c1-18(8-9-19-6-4-3-5-7-19)31-25-15-22(12-13-24(25)30-2)27-16-21-11-10-20(17-28)14-23(21)26(27)29/h3-7,10-15,18,28H,8-9,16-17H2,1-2H3. The van der Waals surface area contributed by atoms with Gasteiger partial charge in [0.05, 0.1) is 26.4 Å². The number of carbonyl (C=O) groups excluding carboxylic acids is 1. The third-order valence-electron chi connectivity index (χ3n) is 5.63. The Morgan fingerprint density at radius 3 is 2.55 bits per heavy atom. The van der Waals surface area contributed by atoms with E-state index >= 15 is 0 Å². The van der Waals surface area contributed by atoms with Crippen LogP contribution in [0, 0.1) is 0 Å². The lowest BCUT2D eigenvalue weighted by Gasteiger charge is -2.21. The third-order valence-corrected chi connectivity index (χ3v) is 5.63. The van der Waals surface area contributed by atoms with E-state index in [0.717, 1.165) is 29.7 Å². The number of aliphatic hydroxyl groups is 1. The summed E-state index contributed by atoms with van der Waals surface area (Å²) in [6.07, 6.45) is 1.79. The molecule has 0 saturated heterocycles. The fourth-order valence-electron chi connectivity index (χ4n) is 3.87. The number of amides is 1. The molecule has 1 atom stereocenters. The molecule has 1 aliphatic rings. The van der Waals surface area contributed by atoms with Gasteiger partial charge in [0.2, 0.25) is 0 Å². The van der Waals surface area contributed by atoms with E-state index in [0.29, 0.717) is 23.6 Å². The number of aliphatic hydroxyl groups excluding tert-OH is 1. The molecule has 0 bridgehead atoms. The molecule has 0 spiro atoms. The van der Waals surface area contributed by atoms with Gasteiger partial charge < -0.3 is 19.5 Å². The Morgan fingerprint density at radius 2 is 1.81 bits per heavy atom. The van der Waals surface area contributed by atoms with Gasteiger partial charge in [0.15, 0.2) is 11.5 Å². The zero-order chi connectivity index (χ0) is 21.8. The summed E-state index contributed by atoms with van der Waals surface area (Å²) in [7, 11) is 1.61. The number of aryl methyl sites for hydroxylation is 1. The summed E-state index contributed by atoms with van der Waals surface area (Å²) in [5, 5.41) is 9.38. The Labute approximate surface area is 182 Å². The Balaban J connectivity index is 1.50. The molecule has 3 aromatic rings. The molecule has 31 heavy (non-hydrogen) atoms. The van der Waals surface area contributed by atoms with Crippen molar-refractivity contribution in [3.63, 3.8) is 0 Å². The highest BCUT2D eigenvalue weighted by molar-refractivity contribution is 6.10. The predicted molar refractivity (Wildman–Crippen MR) is 121 cm³/mol. The largest absolute Gasteiger partial charge is 0.493 e. The van der Waals surface area contributed by atoms with Gasteiger partial charge in [-0.3, -0.25) is 4.79 Å². The first-order chi connectivity index (χ1) is 15.1. The highest BCUT2D eigenvalue weighted by Crippen LogP contribution is 2.36. The van der Waals surface area contributed by atoms with Crippen molar-refractivity contribution >= 4 is 11.6 Å². The van der Waals surface area contributed by atoms with Gasteiger partial charge in [-0.25, -0.2) is 0 Å². The van der Waals surface area contributed by atoms with Gasteiger partial charge in [-0.05, 0) is 54.7 Å². The Kier molecular flexibility index (Phi) is 6.23. The molecule has 0 fully saturated rings. The maximum atomic E-state index is 13.0. The second kappa shape index (κ2) is 9.23. The lowest BCUT2D eigenvalue weighted by molar-refractivity contribution is 0.0996. The average molecular weight is 418 g/mol. The van der Waals surface area contributed by atoms with Crippen molar-refractivity contribution in [2.24, 2.45) is 0 Å². The van der Waals surface area contributed by atoms with Gasteiger partial charge >= 0.3 is 0 Å². The van der Waals surface area contributed by atoms with E-state index in [4.69, 9.17) is 9.47 Å². The van der Waals surface area contributed by atoms with E-state index < -0.39 is 0 Å². The molecule has 0 aliphatic carbocycles. The number of methoxy groups -OCH3 is 1. The predicted octanol–water partition coefficient (Wildman–Crippen LogP) is 4.75. The fraction of sp³-hybridized carbons (Fsp3) is 0.269. The van der Waals surface area contributed by atoms with Gasteiger partial charge in [-0.1, -0.05) is 42.5 Å². The maximum Gasteiger partial charge on any atom is 0.258 e. The lowest BCUT2D eigenvalue weighted by Crippen LogP contribution is -2.23. The molecule has 0 saturated carbocycles. The van der Waals surface area contributed by atoms with Gasteiger partial charge in [-0.15, -0.1) is 0 Å². The fourth-order valence-corrected chi connectivity index (χ4v) is 3.87. The Bertz CT molecular complexity index is 1060. The van der Waals surface area contributed by atoms with E-state index in [-0.39, 0.29) is 18.6 Å². The van der Waals surface area contributed by atoms with Crippen LogP contribution in [0.2, 0.25) is 0 Å². The van der Waals surface area contributed by atoms with Gasteiger partial charge in [-0.2, -0.15) is 0 Å². The normalized spacial score (nSPS) is 13.8. The summed E-state index contributed by atoms with van der Waals surface area (Å²) < 4.78 is 11.7. The first-order valence-electron chi connectivity index (χ1n) is 10.5. The molecule has 0 radical (unpaired) electrons. The first kappa shape index (κ1) is 20.9. The minimum atomic E-state index is -0.0814. The number of hydrogen-bond donors (Lipinski definition) is 1. The van der Waals surface area contributed by atoms with Crippen molar-refractivity contribution in [1.82, 2.24) is 0 Å². The van der Waals surface area contributed by atoms with Crippen molar-refractivity contribution in [2.45, 2.75) is 39.0 Å². The van der Waals surface area contributed by atoms with E-state index in [1.54, 1.807) is 18.1 Å². The van der Waals surface area contributed by atoms with Crippen LogP contribution in [0.15, 0.2) is 66.7 Å². The summed E-state index contributed by atoms with van der Waals surface area (Å²) in [6, 6.07) is 21.4. The summed E-state index contributed by atoms with van der Waals surface area (Å²) >= 11 is 0. The number of hydrogen-bond acceptors (Lipinski definition) is 4. The van der Waals surface area contributed by atoms with Crippen molar-refractivity contribution in [3.05, 3.63) is 89.0 Å². The number of carbonyl (C=O) groups is 1. The highest BCUT2D eigenvalue weighted by Gasteiger charge is 2.29. The van der Waals surface area contributed by atoms with Gasteiger partial charge in [0.1, 0.15) is 0 Å². The maximum absolute atomic E-state index is 13.0. The summed E-state index contributed by atoms with van der Waals surface area (Å²) in [4.78, 5) is 14.7. The van der Waals surface area contributed by atoms with Crippen LogP contribution < -0.4 is 14.4 Å². The van der Waals surface area contributed by atoms with Crippen molar-refractivity contribution in [2.75, 3.05) is 12.0 Å². The third kappa shape index (κ3) is 4.57. The molecule has 5 heteroatoms. The molecule has 1 unspecified atom stereocenters. The number of benzene rings is 3. The minimum absolute atomic E-state index is 0.0112. The van der Waals surface area contributed by atoms with Crippen LogP contribution in [-0.4, -0.2) is 24.2 Å². The molecular weight excluding hydrogens is 390 g/mol. The molecule has 160 valence electrons. The van der Waals surface area contributed by atoms with Crippen LogP contribution >= 0.6 is 0 Å². The first-order valence-corrected chi connectivity index (χ1v) is 10.5. The van der Waals surface area contributed by atoms with Gasteiger partial charge in [0, 0.05) is 17.3 Å². The smallest absolute Gasteiger partial charge is 0.258 e. The van der Waals surface area contributed by atoms with Gasteiger partial charge in [0.25, 0.3) is 5.91 Å². The van der Waals surface area contributed by atoms with Crippen molar-refractivity contribution in [3.8, 4) is 11.5 Å². The van der Waals surface area contributed by atoms with Crippen molar-refractivity contribution < 1.29 is 19.4 Å². The summed E-state index contributed by atoms with van der Waals surface area (Å²) in [6.45, 7) is 2.46. The van der Waals surface area contributed by atoms with Crippen LogP contribution in [0.5, 0.6) is 11.5 Å². The number of fused-ring (bicyclic) bond motifs is 1. The molecular formula is C26H27NO4. The number of nitrogens with zero attached hydrogens (tertiary/aromatic N) is 1. The van der Waals surface area contributed by atoms with E-state index in [1.165, 1.54) is 5.56 Å². The molecule has 4 rings (SSSR count). The monoisotopic (exact) mass is 417 g/mol. The topological polar surface area (TPSA) is 59.0 Å². The van der Waals surface area contributed by atoms with E-state index in [1.807, 2.05) is 55.5 Å². The summed E-state index contributed by atoms with van der Waals surface area (Å²) in [5.41, 5.74) is 4.37.